The number of benzene rings is 1. The van der Waals surface area contributed by atoms with Gasteiger partial charge < -0.3 is 9.84 Å². The van der Waals surface area contributed by atoms with Gasteiger partial charge in [0.1, 0.15) is 10.9 Å². The number of aliphatic imine (C=N–C) groups is 1. The highest BCUT2D eigenvalue weighted by Gasteiger charge is 2.36. The topological polar surface area (TPSA) is 58.9 Å². The van der Waals surface area contributed by atoms with Crippen LogP contribution in [0.1, 0.15) is 18.9 Å². The molecule has 4 nitrogen and oxygen atoms in total. The zero-order chi connectivity index (χ0) is 13.9. The van der Waals surface area contributed by atoms with Crippen LogP contribution in [0.2, 0.25) is 0 Å². The van der Waals surface area contributed by atoms with Crippen molar-refractivity contribution in [1.82, 2.24) is 0 Å². The van der Waals surface area contributed by atoms with E-state index >= 15 is 0 Å². The fourth-order valence-electron chi connectivity index (χ4n) is 1.71. The highest BCUT2D eigenvalue weighted by Crippen LogP contribution is 2.31. The van der Waals surface area contributed by atoms with E-state index in [2.05, 4.69) is 4.99 Å². The van der Waals surface area contributed by atoms with Crippen LogP contribution in [0, 0.1) is 5.82 Å². The molecule has 6 heteroatoms. The number of hydrogen-bond acceptors (Lipinski definition) is 5. The van der Waals surface area contributed by atoms with E-state index in [1.54, 1.807) is 19.1 Å². The van der Waals surface area contributed by atoms with Crippen LogP contribution in [0.4, 0.5) is 4.39 Å². The predicted octanol–water partition coefficient (Wildman–Crippen LogP) is 1.96. The van der Waals surface area contributed by atoms with Crippen LogP contribution < -0.4 is 0 Å². The number of aliphatic hydroxyl groups is 1. The number of carbonyl (C=O) groups excluding carboxylic acids is 1. The summed E-state index contributed by atoms with van der Waals surface area (Å²) in [4.78, 5) is 15.5. The second-order valence-electron chi connectivity index (χ2n) is 4.18. The molecular weight excluding hydrogens is 269 g/mol. The van der Waals surface area contributed by atoms with E-state index in [9.17, 15) is 14.3 Å². The molecular formula is C13H14FNO3S. The lowest BCUT2D eigenvalue weighted by Gasteiger charge is -2.16. The number of rotatable bonds is 4. The lowest BCUT2D eigenvalue weighted by Crippen LogP contribution is -2.30. The SMILES string of the molecule is CCOC(=O)CC1(O)CSC(c2ccc(F)cc2)=N1. The molecule has 1 aliphatic rings. The van der Waals surface area contributed by atoms with E-state index in [4.69, 9.17) is 4.74 Å². The third-order valence-corrected chi connectivity index (χ3v) is 3.78. The van der Waals surface area contributed by atoms with Gasteiger partial charge in [0.2, 0.25) is 0 Å². The maximum Gasteiger partial charge on any atom is 0.310 e. The molecule has 1 aliphatic heterocycles. The monoisotopic (exact) mass is 283 g/mol. The van der Waals surface area contributed by atoms with E-state index in [0.717, 1.165) is 5.56 Å². The van der Waals surface area contributed by atoms with Crippen LogP contribution in [0.25, 0.3) is 0 Å². The van der Waals surface area contributed by atoms with Gasteiger partial charge in [-0.2, -0.15) is 0 Å². The van der Waals surface area contributed by atoms with Gasteiger partial charge in [0, 0.05) is 11.3 Å². The molecule has 0 saturated carbocycles. The van der Waals surface area contributed by atoms with Gasteiger partial charge in [-0.3, -0.25) is 4.79 Å². The van der Waals surface area contributed by atoms with Crippen LogP contribution in [0.5, 0.6) is 0 Å². The fourth-order valence-corrected chi connectivity index (χ4v) is 2.78. The van der Waals surface area contributed by atoms with Gasteiger partial charge in [0.15, 0.2) is 5.72 Å². The van der Waals surface area contributed by atoms with Crippen molar-refractivity contribution < 1.29 is 19.0 Å². The quantitative estimate of drug-likeness (QED) is 0.858. The lowest BCUT2D eigenvalue weighted by atomic mass is 10.2. The molecule has 0 aliphatic carbocycles. The van der Waals surface area contributed by atoms with E-state index < -0.39 is 11.7 Å². The molecule has 0 amide bonds. The second kappa shape index (κ2) is 5.71. The molecule has 1 unspecified atom stereocenters. The van der Waals surface area contributed by atoms with E-state index in [0.29, 0.717) is 10.8 Å². The van der Waals surface area contributed by atoms with Crippen LogP contribution in [-0.2, 0) is 9.53 Å². The number of halogens is 1. The summed E-state index contributed by atoms with van der Waals surface area (Å²) in [5.74, 6) is -0.512. The molecule has 102 valence electrons. The first-order valence-electron chi connectivity index (χ1n) is 5.89. The first kappa shape index (κ1) is 14.0. The van der Waals surface area contributed by atoms with Crippen molar-refractivity contribution in [2.45, 2.75) is 19.1 Å². The summed E-state index contributed by atoms with van der Waals surface area (Å²) >= 11 is 1.34. The Hall–Kier alpha value is -1.40. The van der Waals surface area contributed by atoms with Gasteiger partial charge in [-0.05, 0) is 31.2 Å². The molecule has 0 fully saturated rings. The maximum absolute atomic E-state index is 12.8. The van der Waals surface area contributed by atoms with Gasteiger partial charge >= 0.3 is 5.97 Å². The van der Waals surface area contributed by atoms with Crippen molar-refractivity contribution in [3.05, 3.63) is 35.6 Å². The highest BCUT2D eigenvalue weighted by molar-refractivity contribution is 8.14. The number of esters is 1. The van der Waals surface area contributed by atoms with Crippen molar-refractivity contribution in [2.75, 3.05) is 12.4 Å². The average Bonchev–Trinajstić information content (AvgIpc) is 2.72. The molecule has 0 saturated heterocycles. The zero-order valence-electron chi connectivity index (χ0n) is 10.4. The summed E-state index contributed by atoms with van der Waals surface area (Å²) < 4.78 is 17.6. The Balaban J connectivity index is 2.11. The summed E-state index contributed by atoms with van der Waals surface area (Å²) in [6.45, 7) is 1.98. The number of nitrogens with zero attached hydrogens (tertiary/aromatic N) is 1. The predicted molar refractivity (Wildman–Crippen MR) is 71.6 cm³/mol. The first-order valence-corrected chi connectivity index (χ1v) is 6.87. The summed E-state index contributed by atoms with van der Waals surface area (Å²) in [6, 6.07) is 5.86. The third kappa shape index (κ3) is 3.54. The van der Waals surface area contributed by atoms with Crippen LogP contribution in [0.15, 0.2) is 29.3 Å². The lowest BCUT2D eigenvalue weighted by molar-refractivity contribution is -0.147. The standard InChI is InChI=1S/C13H14FNO3S/c1-2-18-11(16)7-13(17)8-19-12(15-13)9-3-5-10(14)6-4-9/h3-6,17H,2,7-8H2,1H3. The summed E-state index contributed by atoms with van der Waals surface area (Å²) in [7, 11) is 0. The summed E-state index contributed by atoms with van der Waals surface area (Å²) in [5.41, 5.74) is -0.702. The van der Waals surface area contributed by atoms with Crippen LogP contribution in [-0.4, -0.2) is 34.2 Å². The van der Waals surface area contributed by atoms with E-state index in [-0.39, 0.29) is 18.8 Å². The van der Waals surface area contributed by atoms with Gasteiger partial charge in [0.05, 0.1) is 13.0 Å². The normalized spacial score (nSPS) is 22.2. The Morgan fingerprint density at radius 3 is 2.84 bits per heavy atom. The molecule has 19 heavy (non-hydrogen) atoms. The molecule has 2 rings (SSSR count). The largest absolute Gasteiger partial charge is 0.466 e. The molecule has 0 bridgehead atoms. The smallest absolute Gasteiger partial charge is 0.310 e. The van der Waals surface area contributed by atoms with Crippen LogP contribution in [0.3, 0.4) is 0 Å². The molecule has 1 atom stereocenters. The average molecular weight is 283 g/mol. The highest BCUT2D eigenvalue weighted by atomic mass is 32.2. The molecule has 1 N–H and O–H groups in total. The van der Waals surface area contributed by atoms with Crippen molar-refractivity contribution >= 4 is 22.8 Å². The minimum Gasteiger partial charge on any atom is -0.466 e. The van der Waals surface area contributed by atoms with Crippen molar-refractivity contribution in [2.24, 2.45) is 4.99 Å². The molecule has 0 radical (unpaired) electrons. The van der Waals surface area contributed by atoms with Crippen LogP contribution >= 0.6 is 11.8 Å². The zero-order valence-corrected chi connectivity index (χ0v) is 11.2. The van der Waals surface area contributed by atoms with Crippen molar-refractivity contribution in [3.63, 3.8) is 0 Å². The molecule has 0 aromatic heterocycles. The van der Waals surface area contributed by atoms with Crippen molar-refractivity contribution in [1.29, 1.82) is 0 Å². The molecule has 1 heterocycles. The molecule has 1 aromatic carbocycles. The van der Waals surface area contributed by atoms with Gasteiger partial charge in [-0.15, -0.1) is 11.8 Å². The van der Waals surface area contributed by atoms with E-state index in [1.165, 1.54) is 23.9 Å². The first-order chi connectivity index (χ1) is 9.02. The van der Waals surface area contributed by atoms with Gasteiger partial charge in [-0.25, -0.2) is 9.38 Å². The Labute approximate surface area is 114 Å². The number of hydrogen-bond donors (Lipinski definition) is 1. The number of thioether (sulfide) groups is 1. The van der Waals surface area contributed by atoms with Crippen molar-refractivity contribution in [3.8, 4) is 0 Å². The minimum atomic E-state index is -1.43. The fraction of sp³-hybridized carbons (Fsp3) is 0.385. The molecule has 1 aromatic rings. The third-order valence-electron chi connectivity index (χ3n) is 2.57. The number of carbonyl (C=O) groups is 1. The summed E-state index contributed by atoms with van der Waals surface area (Å²) in [6.07, 6.45) is -0.168. The Morgan fingerprint density at radius 2 is 2.21 bits per heavy atom. The second-order valence-corrected chi connectivity index (χ2v) is 5.14. The maximum atomic E-state index is 12.8. The van der Waals surface area contributed by atoms with Gasteiger partial charge in [0.25, 0.3) is 0 Å². The number of ether oxygens (including phenoxy) is 1. The molecule has 0 spiro atoms. The Kier molecular flexibility index (Phi) is 4.21. The minimum absolute atomic E-state index is 0.168. The van der Waals surface area contributed by atoms with E-state index in [1.807, 2.05) is 0 Å². The summed E-state index contributed by atoms with van der Waals surface area (Å²) in [5, 5.41) is 10.8. The Bertz CT molecular complexity index is 503. The van der Waals surface area contributed by atoms with Gasteiger partial charge in [-0.1, -0.05) is 0 Å². The Morgan fingerprint density at radius 1 is 1.53 bits per heavy atom.